The molecule has 198 valence electrons. The first-order chi connectivity index (χ1) is 15.9. The molecule has 35 heavy (non-hydrogen) atoms. The lowest BCUT2D eigenvalue weighted by molar-refractivity contribution is -0.289. The minimum Gasteiger partial charge on any atom is -0.457 e. The largest absolute Gasteiger partial charge is 0.457 e. The standard InChI is InChI=1S/C25H38O10/c1-7-13(27)34-18-19(33-11(2)26)25(32)15(14-17(35-14)20(25,3)4)22(6,30)24(31)9-8-12-16(28)23(18,24)10-21(12,5)29/h12,14-19,28-32H,7-10H2,1-6H3. The van der Waals surface area contributed by atoms with Crippen LogP contribution in [0.15, 0.2) is 0 Å². The van der Waals surface area contributed by atoms with E-state index in [1.807, 2.05) is 0 Å². The molecule has 1 aliphatic heterocycles. The van der Waals surface area contributed by atoms with Gasteiger partial charge in [-0.15, -0.1) is 0 Å². The Morgan fingerprint density at radius 2 is 1.66 bits per heavy atom. The second-order valence-corrected chi connectivity index (χ2v) is 12.5. The summed E-state index contributed by atoms with van der Waals surface area (Å²) >= 11 is 0. The number of ether oxygens (including phenoxy) is 3. The van der Waals surface area contributed by atoms with Crippen LogP contribution in [-0.2, 0) is 23.8 Å². The van der Waals surface area contributed by atoms with Crippen molar-refractivity contribution in [1.29, 1.82) is 0 Å². The summed E-state index contributed by atoms with van der Waals surface area (Å²) in [7, 11) is 0. The molecule has 0 aromatic rings. The SMILES string of the molecule is CCC(=O)OC1C(OC(C)=O)C2(O)C(C3OC3C2(C)C)C(C)(O)C2(O)CCC3C(O)C12CC3(C)O. The van der Waals surface area contributed by atoms with Gasteiger partial charge in [0.2, 0.25) is 0 Å². The lowest BCUT2D eigenvalue weighted by Crippen LogP contribution is -2.73. The van der Waals surface area contributed by atoms with Crippen LogP contribution in [-0.4, -0.2) is 90.4 Å². The number of aliphatic hydroxyl groups excluding tert-OH is 1. The molecule has 1 spiro atoms. The molecular weight excluding hydrogens is 460 g/mol. The monoisotopic (exact) mass is 498 g/mol. The van der Waals surface area contributed by atoms with Crippen LogP contribution in [0, 0.1) is 22.7 Å². The summed E-state index contributed by atoms with van der Waals surface area (Å²) in [6.45, 7) is 9.13. The molecule has 5 fully saturated rings. The zero-order chi connectivity index (χ0) is 26.1. The molecule has 12 atom stereocenters. The summed E-state index contributed by atoms with van der Waals surface area (Å²) in [6.07, 6.45) is -5.79. The topological polar surface area (TPSA) is 166 Å². The van der Waals surface area contributed by atoms with Gasteiger partial charge in [0.15, 0.2) is 12.2 Å². The van der Waals surface area contributed by atoms with Gasteiger partial charge in [-0.1, -0.05) is 20.8 Å². The number of aliphatic hydroxyl groups is 5. The highest BCUT2D eigenvalue weighted by atomic mass is 16.6. The quantitative estimate of drug-likeness (QED) is 0.260. The number of fused-ring (bicyclic) bond motifs is 4. The number of esters is 2. The third kappa shape index (κ3) is 2.66. The van der Waals surface area contributed by atoms with Crippen LogP contribution in [0.4, 0.5) is 0 Å². The van der Waals surface area contributed by atoms with Crippen LogP contribution < -0.4 is 0 Å². The van der Waals surface area contributed by atoms with Crippen molar-refractivity contribution in [3.63, 3.8) is 0 Å². The van der Waals surface area contributed by atoms with E-state index in [2.05, 4.69) is 0 Å². The van der Waals surface area contributed by atoms with E-state index >= 15 is 0 Å². The van der Waals surface area contributed by atoms with Crippen LogP contribution >= 0.6 is 0 Å². The van der Waals surface area contributed by atoms with Gasteiger partial charge >= 0.3 is 11.9 Å². The van der Waals surface area contributed by atoms with E-state index in [-0.39, 0.29) is 25.7 Å². The minimum atomic E-state index is -2.13. The first-order valence-corrected chi connectivity index (χ1v) is 12.5. The average molecular weight is 499 g/mol. The second-order valence-electron chi connectivity index (χ2n) is 12.5. The van der Waals surface area contributed by atoms with E-state index < -0.39 is 87.5 Å². The van der Waals surface area contributed by atoms with Crippen molar-refractivity contribution < 1.29 is 49.3 Å². The molecular formula is C25H38O10. The molecule has 5 rings (SSSR count). The smallest absolute Gasteiger partial charge is 0.305 e. The predicted octanol–water partition coefficient (Wildman–Crippen LogP) is -0.198. The first kappa shape index (κ1) is 25.4. The molecule has 5 N–H and O–H groups in total. The van der Waals surface area contributed by atoms with Gasteiger partial charge in [0.1, 0.15) is 11.2 Å². The zero-order valence-corrected chi connectivity index (χ0v) is 21.1. The van der Waals surface area contributed by atoms with E-state index in [1.54, 1.807) is 27.7 Å². The van der Waals surface area contributed by atoms with E-state index in [4.69, 9.17) is 14.2 Å². The van der Waals surface area contributed by atoms with Gasteiger partial charge in [0, 0.05) is 24.7 Å². The molecule has 4 saturated carbocycles. The molecule has 5 aliphatic rings. The second kappa shape index (κ2) is 6.96. The molecule has 10 heteroatoms. The summed E-state index contributed by atoms with van der Waals surface area (Å²) in [6, 6.07) is 0. The number of hydrogen-bond acceptors (Lipinski definition) is 10. The van der Waals surface area contributed by atoms with E-state index in [1.165, 1.54) is 6.92 Å². The average Bonchev–Trinajstić information content (AvgIpc) is 3.46. The Morgan fingerprint density at radius 1 is 1.03 bits per heavy atom. The van der Waals surface area contributed by atoms with Gasteiger partial charge in [-0.2, -0.15) is 0 Å². The highest BCUT2D eigenvalue weighted by molar-refractivity contribution is 5.70. The van der Waals surface area contributed by atoms with Crippen molar-refractivity contribution in [3.8, 4) is 0 Å². The molecule has 12 unspecified atom stereocenters. The van der Waals surface area contributed by atoms with Gasteiger partial charge in [-0.05, 0) is 33.1 Å². The third-order valence-corrected chi connectivity index (χ3v) is 10.5. The van der Waals surface area contributed by atoms with Crippen LogP contribution in [0.25, 0.3) is 0 Å². The third-order valence-electron chi connectivity index (χ3n) is 10.5. The molecule has 2 bridgehead atoms. The van der Waals surface area contributed by atoms with Crippen LogP contribution in [0.1, 0.15) is 67.2 Å². The van der Waals surface area contributed by atoms with Crippen LogP contribution in [0.5, 0.6) is 0 Å². The summed E-state index contributed by atoms with van der Waals surface area (Å²) in [4.78, 5) is 25.2. The highest BCUT2D eigenvalue weighted by Crippen LogP contribution is 2.74. The Balaban J connectivity index is 1.85. The zero-order valence-electron chi connectivity index (χ0n) is 21.1. The Hall–Kier alpha value is -1.30. The van der Waals surface area contributed by atoms with Crippen molar-refractivity contribution in [2.24, 2.45) is 22.7 Å². The molecule has 0 amide bonds. The Morgan fingerprint density at radius 3 is 2.23 bits per heavy atom. The van der Waals surface area contributed by atoms with Gasteiger partial charge in [0.25, 0.3) is 0 Å². The van der Waals surface area contributed by atoms with Crippen molar-refractivity contribution >= 4 is 11.9 Å². The maximum Gasteiger partial charge on any atom is 0.305 e. The molecule has 4 aliphatic carbocycles. The van der Waals surface area contributed by atoms with Crippen LogP contribution in [0.3, 0.4) is 0 Å². The molecule has 0 aromatic carbocycles. The minimum absolute atomic E-state index is 0.0325. The number of rotatable bonds is 3. The fraction of sp³-hybridized carbons (Fsp3) is 0.920. The number of epoxide rings is 1. The normalized spacial score (nSPS) is 57.4. The fourth-order valence-electron chi connectivity index (χ4n) is 8.82. The summed E-state index contributed by atoms with van der Waals surface area (Å²) < 4.78 is 17.5. The molecule has 1 saturated heterocycles. The van der Waals surface area contributed by atoms with Crippen LogP contribution in [0.2, 0.25) is 0 Å². The van der Waals surface area contributed by atoms with Gasteiger partial charge < -0.3 is 39.7 Å². The summed E-state index contributed by atoms with van der Waals surface area (Å²) in [5.41, 5.74) is -10.6. The molecule has 0 radical (unpaired) electrons. The lowest BCUT2D eigenvalue weighted by Gasteiger charge is -2.58. The first-order valence-electron chi connectivity index (χ1n) is 12.5. The van der Waals surface area contributed by atoms with E-state index in [0.29, 0.717) is 0 Å². The Bertz CT molecular complexity index is 960. The van der Waals surface area contributed by atoms with Crippen molar-refractivity contribution in [2.75, 3.05) is 0 Å². The van der Waals surface area contributed by atoms with Crippen molar-refractivity contribution in [3.05, 3.63) is 0 Å². The number of carbonyl (C=O) groups excluding carboxylic acids is 2. The maximum atomic E-state index is 12.8. The Labute approximate surface area is 204 Å². The van der Waals surface area contributed by atoms with Gasteiger partial charge in [-0.25, -0.2) is 0 Å². The molecule has 10 nitrogen and oxygen atoms in total. The molecule has 1 heterocycles. The summed E-state index contributed by atoms with van der Waals surface area (Å²) in [5, 5.41) is 60.5. The van der Waals surface area contributed by atoms with E-state index in [9.17, 15) is 35.1 Å². The number of carbonyl (C=O) groups is 2. The van der Waals surface area contributed by atoms with Crippen molar-refractivity contribution in [2.45, 2.75) is 120 Å². The van der Waals surface area contributed by atoms with Gasteiger partial charge in [-0.3, -0.25) is 9.59 Å². The lowest BCUT2D eigenvalue weighted by atomic mass is 9.53. The van der Waals surface area contributed by atoms with Crippen molar-refractivity contribution in [1.82, 2.24) is 0 Å². The van der Waals surface area contributed by atoms with E-state index in [0.717, 1.165) is 6.92 Å². The fourth-order valence-corrected chi connectivity index (χ4v) is 8.82. The highest BCUT2D eigenvalue weighted by Gasteiger charge is 2.89. The predicted molar refractivity (Wildman–Crippen MR) is 119 cm³/mol. The summed E-state index contributed by atoms with van der Waals surface area (Å²) in [5.74, 6) is -3.28. The Kier molecular flexibility index (Phi) is 5.04. The maximum absolute atomic E-state index is 12.8. The number of hydrogen-bond donors (Lipinski definition) is 5. The molecule has 0 aromatic heterocycles. The van der Waals surface area contributed by atoms with Gasteiger partial charge in [0.05, 0.1) is 40.8 Å².